The maximum Gasteiger partial charge on any atom is 0.233 e. The zero-order valence-corrected chi connectivity index (χ0v) is 10.9. The van der Waals surface area contributed by atoms with Crippen molar-refractivity contribution in [1.29, 1.82) is 0 Å². The molecule has 0 saturated heterocycles. The van der Waals surface area contributed by atoms with E-state index in [-0.39, 0.29) is 10.7 Å². The Morgan fingerprint density at radius 3 is 2.36 bits per heavy atom. The van der Waals surface area contributed by atoms with Gasteiger partial charge in [0.05, 0.1) is 4.83 Å². The summed E-state index contributed by atoms with van der Waals surface area (Å²) in [5.41, 5.74) is 0. The number of amides is 1. The summed E-state index contributed by atoms with van der Waals surface area (Å²) in [7, 11) is 0. The van der Waals surface area contributed by atoms with Crippen molar-refractivity contribution in [2.24, 2.45) is 0 Å². The highest BCUT2D eigenvalue weighted by Gasteiger charge is 2.11. The molecule has 0 radical (unpaired) electrons. The number of halogens is 1. The van der Waals surface area contributed by atoms with E-state index in [0.717, 1.165) is 32.6 Å². The summed E-state index contributed by atoms with van der Waals surface area (Å²) in [6.45, 7) is 10.00. The lowest BCUT2D eigenvalue weighted by Gasteiger charge is -2.18. The molecule has 0 unspecified atom stereocenters. The zero-order valence-electron chi connectivity index (χ0n) is 9.35. The molecule has 1 amide bonds. The van der Waals surface area contributed by atoms with Crippen LogP contribution in [0.3, 0.4) is 0 Å². The molecule has 0 aromatic heterocycles. The fourth-order valence-corrected chi connectivity index (χ4v) is 1.34. The molecule has 0 rings (SSSR count). The number of hydrogen-bond acceptors (Lipinski definition) is 2. The molecule has 0 heterocycles. The monoisotopic (exact) mass is 264 g/mol. The van der Waals surface area contributed by atoms with Crippen LogP contribution in [0.5, 0.6) is 0 Å². The summed E-state index contributed by atoms with van der Waals surface area (Å²) in [4.78, 5) is 13.6. The molecule has 0 aromatic carbocycles. The molecule has 3 nitrogen and oxygen atoms in total. The van der Waals surface area contributed by atoms with Crippen molar-refractivity contribution in [2.75, 3.05) is 26.2 Å². The highest BCUT2D eigenvalue weighted by atomic mass is 79.9. The van der Waals surface area contributed by atoms with Crippen LogP contribution in [0.1, 0.15) is 27.2 Å². The lowest BCUT2D eigenvalue weighted by molar-refractivity contribution is -0.120. The summed E-state index contributed by atoms with van der Waals surface area (Å²) in [6, 6.07) is 0. The molecule has 1 N–H and O–H groups in total. The lowest BCUT2D eigenvalue weighted by atomic mass is 10.3. The van der Waals surface area contributed by atoms with Gasteiger partial charge in [-0.25, -0.2) is 0 Å². The molecule has 4 heteroatoms. The molecule has 14 heavy (non-hydrogen) atoms. The van der Waals surface area contributed by atoms with Gasteiger partial charge in [-0.3, -0.25) is 4.79 Å². The number of likely N-dealkylation sites (N-methyl/N-ethyl adjacent to an activating group) is 1. The van der Waals surface area contributed by atoms with Crippen LogP contribution in [0.2, 0.25) is 0 Å². The standard InChI is InChI=1S/C10H21BrN2O/c1-4-9(11)10(14)12-7-8-13(5-2)6-3/h9H,4-8H2,1-3H3,(H,12,14)/t9-/m0/s1. The third kappa shape index (κ3) is 5.60. The number of nitrogens with zero attached hydrogens (tertiary/aromatic N) is 1. The van der Waals surface area contributed by atoms with Crippen molar-refractivity contribution < 1.29 is 4.79 Å². The Hall–Kier alpha value is -0.0900. The summed E-state index contributed by atoms with van der Waals surface area (Å²) < 4.78 is 0. The van der Waals surface area contributed by atoms with E-state index >= 15 is 0 Å². The minimum absolute atomic E-state index is 0.0424. The van der Waals surface area contributed by atoms with E-state index in [1.165, 1.54) is 0 Å². The Bertz CT molecular complexity index is 160. The SMILES string of the molecule is CC[C@H](Br)C(=O)NCCN(CC)CC. The van der Waals surface area contributed by atoms with Crippen LogP contribution in [0.15, 0.2) is 0 Å². The van der Waals surface area contributed by atoms with E-state index < -0.39 is 0 Å². The first-order valence-electron chi connectivity index (χ1n) is 5.29. The molecule has 0 bridgehead atoms. The number of carbonyl (C=O) groups is 1. The van der Waals surface area contributed by atoms with Gasteiger partial charge in [-0.1, -0.05) is 36.7 Å². The average Bonchev–Trinajstić information content (AvgIpc) is 2.22. The van der Waals surface area contributed by atoms with Gasteiger partial charge in [-0.15, -0.1) is 0 Å². The van der Waals surface area contributed by atoms with Crippen LogP contribution >= 0.6 is 15.9 Å². The third-order valence-corrected chi connectivity index (χ3v) is 3.33. The largest absolute Gasteiger partial charge is 0.354 e. The van der Waals surface area contributed by atoms with Gasteiger partial charge in [-0.2, -0.15) is 0 Å². The maximum absolute atomic E-state index is 11.4. The number of alkyl halides is 1. The highest BCUT2D eigenvalue weighted by Crippen LogP contribution is 2.03. The van der Waals surface area contributed by atoms with E-state index in [0.29, 0.717) is 0 Å². The molecule has 0 aliphatic rings. The summed E-state index contributed by atoms with van der Waals surface area (Å²) in [5.74, 6) is 0.0969. The molecule has 0 spiro atoms. The minimum Gasteiger partial charge on any atom is -0.354 e. The molecule has 84 valence electrons. The second-order valence-corrected chi connectivity index (χ2v) is 4.30. The normalized spacial score (nSPS) is 12.9. The number of nitrogens with one attached hydrogen (secondary N) is 1. The number of rotatable bonds is 7. The van der Waals surface area contributed by atoms with Crippen LogP contribution < -0.4 is 5.32 Å². The minimum atomic E-state index is -0.0424. The Labute approximate surface area is 95.4 Å². The molecular formula is C10H21BrN2O. The van der Waals surface area contributed by atoms with Gasteiger partial charge >= 0.3 is 0 Å². The van der Waals surface area contributed by atoms with Gasteiger partial charge < -0.3 is 10.2 Å². The Morgan fingerprint density at radius 2 is 1.93 bits per heavy atom. The molecule has 1 atom stereocenters. The van der Waals surface area contributed by atoms with E-state index in [9.17, 15) is 4.79 Å². The Kier molecular flexibility index (Phi) is 8.18. The first-order chi connectivity index (χ1) is 6.65. The van der Waals surface area contributed by atoms with Crippen molar-refractivity contribution >= 4 is 21.8 Å². The summed E-state index contributed by atoms with van der Waals surface area (Å²) >= 11 is 3.32. The van der Waals surface area contributed by atoms with Gasteiger partial charge in [0.1, 0.15) is 0 Å². The zero-order chi connectivity index (χ0) is 11.0. The molecule has 0 aliphatic carbocycles. The van der Waals surface area contributed by atoms with Crippen LogP contribution in [0.25, 0.3) is 0 Å². The quantitative estimate of drug-likeness (QED) is 0.709. The lowest BCUT2D eigenvalue weighted by Crippen LogP contribution is -2.37. The Morgan fingerprint density at radius 1 is 1.36 bits per heavy atom. The topological polar surface area (TPSA) is 32.3 Å². The third-order valence-electron chi connectivity index (χ3n) is 2.26. The molecule has 0 aliphatic heterocycles. The second kappa shape index (κ2) is 8.24. The molecule has 0 fully saturated rings. The first-order valence-corrected chi connectivity index (χ1v) is 6.21. The van der Waals surface area contributed by atoms with Gasteiger partial charge in [0, 0.05) is 13.1 Å². The molecule has 0 aromatic rings. The summed E-state index contributed by atoms with van der Waals surface area (Å²) in [5, 5.41) is 2.90. The highest BCUT2D eigenvalue weighted by molar-refractivity contribution is 9.10. The predicted molar refractivity (Wildman–Crippen MR) is 63.8 cm³/mol. The molecule has 0 saturated carbocycles. The van der Waals surface area contributed by atoms with E-state index in [2.05, 4.69) is 40.0 Å². The van der Waals surface area contributed by atoms with Gasteiger partial charge in [0.25, 0.3) is 0 Å². The van der Waals surface area contributed by atoms with Crippen LogP contribution in [0, 0.1) is 0 Å². The van der Waals surface area contributed by atoms with Gasteiger partial charge in [0.2, 0.25) is 5.91 Å². The van der Waals surface area contributed by atoms with Crippen molar-refractivity contribution in [3.8, 4) is 0 Å². The van der Waals surface area contributed by atoms with Crippen molar-refractivity contribution in [3.63, 3.8) is 0 Å². The number of carbonyl (C=O) groups excluding carboxylic acids is 1. The van der Waals surface area contributed by atoms with Crippen molar-refractivity contribution in [3.05, 3.63) is 0 Å². The average molecular weight is 265 g/mol. The fourth-order valence-electron chi connectivity index (χ4n) is 1.17. The Balaban J connectivity index is 3.57. The predicted octanol–water partition coefficient (Wildman–Crippen LogP) is 1.62. The smallest absolute Gasteiger partial charge is 0.233 e. The first kappa shape index (κ1) is 13.9. The second-order valence-electron chi connectivity index (χ2n) is 3.19. The van der Waals surface area contributed by atoms with Crippen LogP contribution in [-0.2, 0) is 4.79 Å². The maximum atomic E-state index is 11.4. The molecular weight excluding hydrogens is 244 g/mol. The van der Waals surface area contributed by atoms with Gasteiger partial charge in [0.15, 0.2) is 0 Å². The van der Waals surface area contributed by atoms with E-state index in [1.54, 1.807) is 0 Å². The fraction of sp³-hybridized carbons (Fsp3) is 0.900. The van der Waals surface area contributed by atoms with Gasteiger partial charge in [-0.05, 0) is 19.5 Å². The van der Waals surface area contributed by atoms with E-state index in [1.807, 2.05) is 6.92 Å². The van der Waals surface area contributed by atoms with Crippen LogP contribution in [-0.4, -0.2) is 41.8 Å². The summed E-state index contributed by atoms with van der Waals surface area (Å²) in [6.07, 6.45) is 0.830. The van der Waals surface area contributed by atoms with Crippen molar-refractivity contribution in [1.82, 2.24) is 10.2 Å². The van der Waals surface area contributed by atoms with Crippen LogP contribution in [0.4, 0.5) is 0 Å². The number of hydrogen-bond donors (Lipinski definition) is 1. The van der Waals surface area contributed by atoms with Crippen molar-refractivity contribution in [2.45, 2.75) is 32.0 Å². The van der Waals surface area contributed by atoms with E-state index in [4.69, 9.17) is 0 Å².